The predicted octanol–water partition coefficient (Wildman–Crippen LogP) is 3.18. The second-order valence-corrected chi connectivity index (χ2v) is 8.18. The number of imide groups is 2. The van der Waals surface area contributed by atoms with E-state index in [2.05, 4.69) is 21.2 Å². The molecular weight excluding hydrogens is 446 g/mol. The Morgan fingerprint density at radius 1 is 0.857 bits per heavy atom. The van der Waals surface area contributed by atoms with Gasteiger partial charge in [-0.05, 0) is 48.2 Å². The van der Waals surface area contributed by atoms with E-state index in [4.69, 9.17) is 0 Å². The van der Waals surface area contributed by atoms with Crippen molar-refractivity contribution in [1.82, 2.24) is 9.80 Å². The lowest BCUT2D eigenvalue weighted by Crippen LogP contribution is -2.41. The van der Waals surface area contributed by atoms with Gasteiger partial charge in [-0.2, -0.15) is 0 Å². The molecule has 28 heavy (non-hydrogen) atoms. The fraction of sp³-hybridized carbons (Fsp3) is 0.158. The molecular formula is C19H14BrN3O4S. The van der Waals surface area contributed by atoms with Gasteiger partial charge < -0.3 is 5.32 Å². The quantitative estimate of drug-likeness (QED) is 0.690. The van der Waals surface area contributed by atoms with Crippen LogP contribution in [-0.4, -0.2) is 51.2 Å². The second kappa shape index (κ2) is 7.40. The Kier molecular flexibility index (Phi) is 4.94. The van der Waals surface area contributed by atoms with E-state index in [1.54, 1.807) is 36.4 Å². The highest BCUT2D eigenvalue weighted by Crippen LogP contribution is 2.29. The van der Waals surface area contributed by atoms with Gasteiger partial charge in [0.15, 0.2) is 5.37 Å². The molecule has 0 aliphatic carbocycles. The monoisotopic (exact) mass is 459 g/mol. The van der Waals surface area contributed by atoms with Crippen LogP contribution >= 0.6 is 27.7 Å². The lowest BCUT2D eigenvalue weighted by Gasteiger charge is -2.19. The molecule has 0 saturated carbocycles. The van der Waals surface area contributed by atoms with E-state index in [0.29, 0.717) is 16.8 Å². The number of nitrogens with zero attached hydrogens (tertiary/aromatic N) is 2. The van der Waals surface area contributed by atoms with E-state index in [1.807, 2.05) is 12.1 Å². The van der Waals surface area contributed by atoms with Gasteiger partial charge in [0.2, 0.25) is 0 Å². The van der Waals surface area contributed by atoms with Crippen molar-refractivity contribution in [2.75, 3.05) is 18.4 Å². The van der Waals surface area contributed by atoms with Gasteiger partial charge in [0.25, 0.3) is 23.0 Å². The van der Waals surface area contributed by atoms with Gasteiger partial charge in [-0.25, -0.2) is 0 Å². The third-order valence-electron chi connectivity index (χ3n) is 4.50. The summed E-state index contributed by atoms with van der Waals surface area (Å²) in [5, 5.41) is 1.87. The number of amides is 4. The smallest absolute Gasteiger partial charge is 0.290 e. The van der Waals surface area contributed by atoms with Gasteiger partial charge in [0.05, 0.1) is 11.1 Å². The summed E-state index contributed by atoms with van der Waals surface area (Å²) in [6, 6.07) is 13.8. The maximum Gasteiger partial charge on any atom is 0.290 e. The number of rotatable bonds is 5. The van der Waals surface area contributed by atoms with E-state index < -0.39 is 28.3 Å². The average Bonchev–Trinajstić information content (AvgIpc) is 3.09. The molecule has 0 aromatic heterocycles. The summed E-state index contributed by atoms with van der Waals surface area (Å²) in [5.74, 6) is -1.21. The molecule has 142 valence electrons. The number of fused-ring (bicyclic) bond motifs is 1. The second-order valence-electron chi connectivity index (χ2n) is 6.21. The first-order valence-electron chi connectivity index (χ1n) is 8.45. The molecule has 2 heterocycles. The van der Waals surface area contributed by atoms with Crippen LogP contribution in [0.1, 0.15) is 20.7 Å². The molecule has 1 N–H and O–H groups in total. The number of nitrogens with one attached hydrogen (secondary N) is 1. The molecule has 2 aliphatic rings. The Morgan fingerprint density at radius 2 is 1.43 bits per heavy atom. The summed E-state index contributed by atoms with van der Waals surface area (Å²) in [6.07, 6.45) is 0. The molecule has 2 aromatic carbocycles. The van der Waals surface area contributed by atoms with Crippen molar-refractivity contribution in [2.24, 2.45) is 0 Å². The summed E-state index contributed by atoms with van der Waals surface area (Å²) >= 11 is 4.22. The summed E-state index contributed by atoms with van der Waals surface area (Å²) in [4.78, 5) is 51.8. The van der Waals surface area contributed by atoms with Crippen molar-refractivity contribution >= 4 is 56.3 Å². The number of thioether (sulfide) groups is 1. The van der Waals surface area contributed by atoms with Gasteiger partial charge >= 0.3 is 0 Å². The van der Waals surface area contributed by atoms with Gasteiger partial charge in [0, 0.05) is 23.2 Å². The van der Waals surface area contributed by atoms with E-state index in [1.165, 1.54) is 0 Å². The Labute approximate surface area is 173 Å². The van der Waals surface area contributed by atoms with Crippen molar-refractivity contribution in [3.63, 3.8) is 0 Å². The predicted molar refractivity (Wildman–Crippen MR) is 108 cm³/mol. The fourth-order valence-electron chi connectivity index (χ4n) is 3.08. The number of hydrogen-bond acceptors (Lipinski definition) is 6. The van der Waals surface area contributed by atoms with E-state index in [-0.39, 0.29) is 13.1 Å². The summed E-state index contributed by atoms with van der Waals surface area (Å²) < 4.78 is 0.905. The van der Waals surface area contributed by atoms with Gasteiger partial charge in [-0.15, -0.1) is 0 Å². The normalized spacial score (nSPS) is 18.8. The van der Waals surface area contributed by atoms with Crippen LogP contribution in [0.4, 0.5) is 10.5 Å². The minimum Gasteiger partial charge on any atom is -0.365 e. The summed E-state index contributed by atoms with van der Waals surface area (Å²) in [7, 11) is 0. The number of hydrogen-bond donors (Lipinski definition) is 1. The molecule has 7 nitrogen and oxygen atoms in total. The highest BCUT2D eigenvalue weighted by atomic mass is 79.9. The molecule has 0 spiro atoms. The molecule has 1 atom stereocenters. The lowest BCUT2D eigenvalue weighted by atomic mass is 10.1. The zero-order valence-corrected chi connectivity index (χ0v) is 16.8. The minimum absolute atomic E-state index is 0.0324. The number of benzene rings is 2. The van der Waals surface area contributed by atoms with Crippen LogP contribution in [-0.2, 0) is 4.79 Å². The van der Waals surface area contributed by atoms with Crippen molar-refractivity contribution in [3.8, 4) is 0 Å². The van der Waals surface area contributed by atoms with Crippen LogP contribution in [0.5, 0.6) is 0 Å². The minimum atomic E-state index is -0.740. The maximum absolute atomic E-state index is 12.6. The molecule has 9 heteroatoms. The first-order valence-corrected chi connectivity index (χ1v) is 10.1. The SMILES string of the molecule is O=C1S[C@@H](Nc2ccc(Br)cc2)C(=O)N1CCN1C(=O)c2ccccc2C1=O. The molecule has 0 unspecified atom stereocenters. The zero-order chi connectivity index (χ0) is 19.8. The summed E-state index contributed by atoms with van der Waals surface area (Å²) in [6.45, 7) is -0.0654. The standard InChI is InChI=1S/C19H14BrN3O4S/c20-11-5-7-12(8-6-11)21-15-18(26)23(19(27)28-15)10-9-22-16(24)13-3-1-2-4-14(13)17(22)25/h1-8,15,21H,9-10H2/t15-/m1/s1. The van der Waals surface area contributed by atoms with Gasteiger partial charge in [0.1, 0.15) is 0 Å². The molecule has 1 saturated heterocycles. The Bertz CT molecular complexity index is 960. The van der Waals surface area contributed by atoms with Crippen LogP contribution in [0.2, 0.25) is 0 Å². The largest absolute Gasteiger partial charge is 0.365 e. The lowest BCUT2D eigenvalue weighted by molar-refractivity contribution is -0.126. The topological polar surface area (TPSA) is 86.8 Å². The summed E-state index contributed by atoms with van der Waals surface area (Å²) in [5.41, 5.74) is 1.40. The van der Waals surface area contributed by atoms with Crippen LogP contribution < -0.4 is 5.32 Å². The van der Waals surface area contributed by atoms with E-state index in [9.17, 15) is 19.2 Å². The van der Waals surface area contributed by atoms with Crippen molar-refractivity contribution in [2.45, 2.75) is 5.37 Å². The Hall–Kier alpha value is -2.65. The van der Waals surface area contributed by atoms with Crippen molar-refractivity contribution in [3.05, 3.63) is 64.1 Å². The van der Waals surface area contributed by atoms with Crippen LogP contribution in [0.25, 0.3) is 0 Å². The van der Waals surface area contributed by atoms with Gasteiger partial charge in [-0.3, -0.25) is 29.0 Å². The molecule has 1 fully saturated rings. The van der Waals surface area contributed by atoms with Crippen molar-refractivity contribution in [1.29, 1.82) is 0 Å². The average molecular weight is 460 g/mol. The molecule has 4 amide bonds. The number of carbonyl (C=O) groups is 4. The number of halogens is 1. The number of carbonyl (C=O) groups excluding carboxylic acids is 4. The van der Waals surface area contributed by atoms with E-state index >= 15 is 0 Å². The van der Waals surface area contributed by atoms with Crippen LogP contribution in [0.3, 0.4) is 0 Å². The molecule has 4 rings (SSSR count). The third kappa shape index (κ3) is 3.31. The van der Waals surface area contributed by atoms with E-state index in [0.717, 1.165) is 26.0 Å². The molecule has 2 aliphatic heterocycles. The Balaban J connectivity index is 1.41. The zero-order valence-electron chi connectivity index (χ0n) is 14.4. The highest BCUT2D eigenvalue weighted by molar-refractivity contribution is 9.10. The highest BCUT2D eigenvalue weighted by Gasteiger charge is 2.41. The molecule has 2 aromatic rings. The van der Waals surface area contributed by atoms with Crippen molar-refractivity contribution < 1.29 is 19.2 Å². The van der Waals surface area contributed by atoms with Gasteiger partial charge in [-0.1, -0.05) is 28.1 Å². The first kappa shape index (κ1) is 18.7. The maximum atomic E-state index is 12.6. The fourth-order valence-corrected chi connectivity index (χ4v) is 4.28. The first-order chi connectivity index (χ1) is 13.5. The Morgan fingerprint density at radius 3 is 2.04 bits per heavy atom. The molecule has 0 radical (unpaired) electrons. The third-order valence-corrected chi connectivity index (χ3v) is 6.00. The molecule has 0 bridgehead atoms. The van der Waals surface area contributed by atoms with Crippen LogP contribution in [0.15, 0.2) is 53.0 Å². The number of anilines is 1. The van der Waals surface area contributed by atoms with Crippen LogP contribution in [0, 0.1) is 0 Å².